The van der Waals surface area contributed by atoms with Gasteiger partial charge in [0.25, 0.3) is 0 Å². The van der Waals surface area contributed by atoms with Gasteiger partial charge in [0.1, 0.15) is 0 Å². The van der Waals surface area contributed by atoms with Crippen molar-refractivity contribution < 1.29 is 0 Å². The van der Waals surface area contributed by atoms with Crippen LogP contribution in [0.3, 0.4) is 0 Å². The first kappa shape index (κ1) is 15.8. The fourth-order valence-corrected chi connectivity index (χ4v) is 2.37. The molecular formula is C14H22Cl2N2. The molecule has 4 heteroatoms. The van der Waals surface area contributed by atoms with Crippen molar-refractivity contribution in [2.75, 3.05) is 13.6 Å². The molecule has 0 radical (unpaired) electrons. The molecule has 1 aromatic carbocycles. The molecule has 0 amide bonds. The van der Waals surface area contributed by atoms with E-state index in [2.05, 4.69) is 25.8 Å². The Morgan fingerprint density at radius 3 is 2.22 bits per heavy atom. The standard InChI is InChI=1S/C14H22Cl2N2/c1-10(2)14(17)4-5-18(3)9-11-6-12(15)8-13(16)7-11/h6-8,10,14H,4-5,9,17H2,1-3H3. The van der Waals surface area contributed by atoms with Gasteiger partial charge in [0, 0.05) is 22.6 Å². The lowest BCUT2D eigenvalue weighted by Gasteiger charge is -2.21. The Kier molecular flexibility index (Phi) is 6.44. The molecule has 18 heavy (non-hydrogen) atoms. The molecule has 0 saturated heterocycles. The van der Waals surface area contributed by atoms with E-state index in [-0.39, 0.29) is 6.04 Å². The lowest BCUT2D eigenvalue weighted by molar-refractivity contribution is 0.296. The van der Waals surface area contributed by atoms with Gasteiger partial charge in [-0.2, -0.15) is 0 Å². The van der Waals surface area contributed by atoms with Gasteiger partial charge < -0.3 is 10.6 Å². The summed E-state index contributed by atoms with van der Waals surface area (Å²) < 4.78 is 0. The van der Waals surface area contributed by atoms with Crippen LogP contribution >= 0.6 is 23.2 Å². The maximum absolute atomic E-state index is 6.04. The van der Waals surface area contributed by atoms with Crippen LogP contribution in [0.2, 0.25) is 10.0 Å². The summed E-state index contributed by atoms with van der Waals surface area (Å²) >= 11 is 12.0. The number of hydrogen-bond acceptors (Lipinski definition) is 2. The zero-order valence-electron chi connectivity index (χ0n) is 11.3. The van der Waals surface area contributed by atoms with Crippen LogP contribution in [0.15, 0.2) is 18.2 Å². The highest BCUT2D eigenvalue weighted by Gasteiger charge is 2.09. The van der Waals surface area contributed by atoms with Crippen LogP contribution in [0.4, 0.5) is 0 Å². The molecule has 0 aliphatic heterocycles. The fraction of sp³-hybridized carbons (Fsp3) is 0.571. The van der Waals surface area contributed by atoms with E-state index in [4.69, 9.17) is 28.9 Å². The van der Waals surface area contributed by atoms with Crippen LogP contribution in [-0.2, 0) is 6.54 Å². The summed E-state index contributed by atoms with van der Waals surface area (Å²) in [6.45, 7) is 6.12. The lowest BCUT2D eigenvalue weighted by atomic mass is 10.0. The maximum Gasteiger partial charge on any atom is 0.0424 e. The normalized spacial score (nSPS) is 13.3. The van der Waals surface area contributed by atoms with Gasteiger partial charge in [0.15, 0.2) is 0 Å². The Morgan fingerprint density at radius 1 is 1.17 bits per heavy atom. The van der Waals surface area contributed by atoms with E-state index >= 15 is 0 Å². The van der Waals surface area contributed by atoms with E-state index in [0.717, 1.165) is 25.1 Å². The zero-order chi connectivity index (χ0) is 13.7. The Bertz CT molecular complexity index is 360. The molecule has 102 valence electrons. The summed E-state index contributed by atoms with van der Waals surface area (Å²) in [7, 11) is 2.09. The molecular weight excluding hydrogens is 267 g/mol. The Labute approximate surface area is 120 Å². The Balaban J connectivity index is 2.46. The van der Waals surface area contributed by atoms with Gasteiger partial charge in [-0.25, -0.2) is 0 Å². The van der Waals surface area contributed by atoms with Crippen molar-refractivity contribution in [3.8, 4) is 0 Å². The first-order valence-electron chi connectivity index (χ1n) is 6.27. The van der Waals surface area contributed by atoms with Gasteiger partial charge in [-0.1, -0.05) is 37.0 Å². The first-order valence-corrected chi connectivity index (χ1v) is 7.03. The number of nitrogens with two attached hydrogens (primary N) is 1. The summed E-state index contributed by atoms with van der Waals surface area (Å²) in [5.41, 5.74) is 7.17. The summed E-state index contributed by atoms with van der Waals surface area (Å²) in [5, 5.41) is 1.37. The smallest absolute Gasteiger partial charge is 0.0424 e. The molecule has 0 aliphatic rings. The summed E-state index contributed by atoms with van der Waals surface area (Å²) in [6, 6.07) is 5.91. The fourth-order valence-electron chi connectivity index (χ4n) is 1.80. The molecule has 1 atom stereocenters. The predicted octanol–water partition coefficient (Wildman–Crippen LogP) is 3.80. The highest BCUT2D eigenvalue weighted by molar-refractivity contribution is 6.34. The van der Waals surface area contributed by atoms with Gasteiger partial charge in [0.05, 0.1) is 0 Å². The van der Waals surface area contributed by atoms with Crippen molar-refractivity contribution in [3.05, 3.63) is 33.8 Å². The minimum atomic E-state index is 0.260. The molecule has 0 bridgehead atoms. The van der Waals surface area contributed by atoms with Crippen molar-refractivity contribution in [1.29, 1.82) is 0 Å². The van der Waals surface area contributed by atoms with Crippen LogP contribution < -0.4 is 5.73 Å². The predicted molar refractivity (Wildman–Crippen MR) is 80.2 cm³/mol. The van der Waals surface area contributed by atoms with E-state index in [9.17, 15) is 0 Å². The van der Waals surface area contributed by atoms with Gasteiger partial charge >= 0.3 is 0 Å². The highest BCUT2D eigenvalue weighted by Crippen LogP contribution is 2.20. The molecule has 2 nitrogen and oxygen atoms in total. The lowest BCUT2D eigenvalue weighted by Crippen LogP contribution is -2.31. The monoisotopic (exact) mass is 288 g/mol. The van der Waals surface area contributed by atoms with Crippen molar-refractivity contribution >= 4 is 23.2 Å². The van der Waals surface area contributed by atoms with Crippen LogP contribution in [0.1, 0.15) is 25.8 Å². The largest absolute Gasteiger partial charge is 0.327 e. The minimum absolute atomic E-state index is 0.260. The van der Waals surface area contributed by atoms with Crippen molar-refractivity contribution in [1.82, 2.24) is 4.90 Å². The number of nitrogens with zero attached hydrogens (tertiary/aromatic N) is 1. The van der Waals surface area contributed by atoms with Crippen molar-refractivity contribution in [3.63, 3.8) is 0 Å². The van der Waals surface area contributed by atoms with Gasteiger partial charge in [-0.05, 0) is 49.7 Å². The summed E-state index contributed by atoms with van der Waals surface area (Å²) in [4.78, 5) is 2.24. The van der Waals surface area contributed by atoms with E-state index in [1.54, 1.807) is 6.07 Å². The second-order valence-corrected chi connectivity index (χ2v) is 6.08. The molecule has 2 N–H and O–H groups in total. The van der Waals surface area contributed by atoms with Crippen LogP contribution in [0.5, 0.6) is 0 Å². The molecule has 0 spiro atoms. The van der Waals surface area contributed by atoms with Gasteiger partial charge in [-0.3, -0.25) is 0 Å². The second kappa shape index (κ2) is 7.34. The minimum Gasteiger partial charge on any atom is -0.327 e. The van der Waals surface area contributed by atoms with E-state index in [1.807, 2.05) is 12.1 Å². The zero-order valence-corrected chi connectivity index (χ0v) is 12.8. The average molecular weight is 289 g/mol. The molecule has 0 heterocycles. The molecule has 1 aromatic rings. The maximum atomic E-state index is 6.04. The van der Waals surface area contributed by atoms with Gasteiger partial charge in [0.2, 0.25) is 0 Å². The molecule has 1 unspecified atom stereocenters. The summed E-state index contributed by atoms with van der Waals surface area (Å²) in [6.07, 6.45) is 1.00. The van der Waals surface area contributed by atoms with Crippen molar-refractivity contribution in [2.24, 2.45) is 11.7 Å². The average Bonchev–Trinajstić information content (AvgIpc) is 2.24. The third kappa shape index (κ3) is 5.57. The Hall–Kier alpha value is -0.280. The van der Waals surface area contributed by atoms with Crippen molar-refractivity contribution in [2.45, 2.75) is 32.9 Å². The number of rotatable bonds is 6. The third-order valence-electron chi connectivity index (χ3n) is 3.08. The molecule has 0 saturated carbocycles. The number of hydrogen-bond donors (Lipinski definition) is 1. The topological polar surface area (TPSA) is 29.3 Å². The van der Waals surface area contributed by atoms with Gasteiger partial charge in [-0.15, -0.1) is 0 Å². The van der Waals surface area contributed by atoms with Crippen LogP contribution in [0.25, 0.3) is 0 Å². The molecule has 1 rings (SSSR count). The van der Waals surface area contributed by atoms with E-state index in [1.165, 1.54) is 0 Å². The molecule has 0 fully saturated rings. The van der Waals surface area contributed by atoms with Crippen LogP contribution in [0, 0.1) is 5.92 Å². The molecule has 0 aliphatic carbocycles. The quantitative estimate of drug-likeness (QED) is 0.863. The summed E-state index contributed by atoms with van der Waals surface area (Å²) in [5.74, 6) is 0.527. The second-order valence-electron chi connectivity index (χ2n) is 5.21. The molecule has 0 aromatic heterocycles. The number of halogens is 2. The third-order valence-corrected chi connectivity index (χ3v) is 3.51. The highest BCUT2D eigenvalue weighted by atomic mass is 35.5. The number of benzene rings is 1. The Morgan fingerprint density at radius 2 is 1.72 bits per heavy atom. The first-order chi connectivity index (χ1) is 8.38. The van der Waals surface area contributed by atoms with E-state index in [0.29, 0.717) is 16.0 Å². The SMILES string of the molecule is CC(C)C(N)CCN(C)Cc1cc(Cl)cc(Cl)c1. The van der Waals surface area contributed by atoms with E-state index < -0.39 is 0 Å². The van der Waals surface area contributed by atoms with Crippen LogP contribution in [-0.4, -0.2) is 24.5 Å².